The second kappa shape index (κ2) is 7.07. The van der Waals surface area contributed by atoms with Gasteiger partial charge in [-0.15, -0.1) is 0 Å². The van der Waals surface area contributed by atoms with E-state index in [0.717, 1.165) is 27.7 Å². The molecule has 5 rings (SSSR count). The lowest BCUT2D eigenvalue weighted by molar-refractivity contribution is -0.156. The Morgan fingerprint density at radius 3 is 2.80 bits per heavy atom. The Hall–Kier alpha value is -3.52. The Kier molecular flexibility index (Phi) is 4.36. The molecule has 0 aliphatic carbocycles. The van der Waals surface area contributed by atoms with E-state index >= 15 is 0 Å². The molecule has 2 aliphatic heterocycles. The molecule has 0 radical (unpaired) electrons. The molecule has 2 aliphatic rings. The van der Waals surface area contributed by atoms with Crippen molar-refractivity contribution in [3.05, 3.63) is 59.3 Å². The Labute approximate surface area is 172 Å². The van der Waals surface area contributed by atoms with Crippen molar-refractivity contribution < 1.29 is 28.9 Å². The second-order valence-electron chi connectivity index (χ2n) is 7.28. The first kappa shape index (κ1) is 18.5. The number of nitrogens with one attached hydrogen (secondary N) is 1. The van der Waals surface area contributed by atoms with Gasteiger partial charge in [0.1, 0.15) is 12.6 Å². The number of methoxy groups -OCH3 is 1. The lowest BCUT2D eigenvalue weighted by Gasteiger charge is -2.40. The fraction of sp³-hybridized carbons (Fsp3) is 0.273. The fourth-order valence-electron chi connectivity index (χ4n) is 4.43. The van der Waals surface area contributed by atoms with Gasteiger partial charge >= 0.3 is 5.97 Å². The number of ether oxygens (including phenoxy) is 3. The molecule has 0 saturated carbocycles. The highest BCUT2D eigenvalue weighted by atomic mass is 16.7. The molecule has 8 heteroatoms. The molecule has 3 heterocycles. The minimum atomic E-state index is -0.864. The van der Waals surface area contributed by atoms with Gasteiger partial charge in [0.15, 0.2) is 11.5 Å². The molecular formula is C22H20N2O6. The highest BCUT2D eigenvalue weighted by Gasteiger charge is 2.44. The van der Waals surface area contributed by atoms with Gasteiger partial charge in [-0.25, -0.2) is 4.79 Å². The van der Waals surface area contributed by atoms with E-state index in [-0.39, 0.29) is 6.79 Å². The second-order valence-corrected chi connectivity index (χ2v) is 7.28. The molecule has 0 fully saturated rings. The molecule has 154 valence electrons. The van der Waals surface area contributed by atoms with E-state index in [1.54, 1.807) is 12.1 Å². The number of hydrogen-bond acceptors (Lipinski definition) is 6. The highest BCUT2D eigenvalue weighted by molar-refractivity contribution is 5.91. The summed E-state index contributed by atoms with van der Waals surface area (Å²) in [5.41, 5.74) is 3.40. The van der Waals surface area contributed by atoms with Crippen LogP contribution in [-0.2, 0) is 20.7 Å². The smallest absolute Gasteiger partial charge is 0.328 e. The number of rotatable bonds is 3. The molecule has 1 amide bonds. The maximum absolute atomic E-state index is 12.8. The number of para-hydroxylation sites is 1. The number of aliphatic hydroxyl groups excluding tert-OH is 1. The summed E-state index contributed by atoms with van der Waals surface area (Å²) in [7, 11) is 1.30. The standard InChI is InChI=1S/C22H20N2O6/c1-28-22(27)16-9-14-13-4-2-3-5-15(13)23-20(14)21(24(16)19(26)10-25)12-6-7-17-18(8-12)30-11-29-17/h2-8,16,21,23,25H,9-11H2,1H3/t16-,21-/m1/s1. The zero-order chi connectivity index (χ0) is 20.8. The number of fused-ring (bicyclic) bond motifs is 4. The van der Waals surface area contributed by atoms with Crippen LogP contribution in [-0.4, -0.2) is 53.4 Å². The molecule has 3 aromatic rings. The third kappa shape index (κ3) is 2.72. The van der Waals surface area contributed by atoms with Crippen molar-refractivity contribution in [3.8, 4) is 11.5 Å². The fourth-order valence-corrected chi connectivity index (χ4v) is 4.43. The topological polar surface area (TPSA) is 101 Å². The van der Waals surface area contributed by atoms with Crippen molar-refractivity contribution in [1.82, 2.24) is 9.88 Å². The summed E-state index contributed by atoms with van der Waals surface area (Å²) in [6.07, 6.45) is 0.290. The molecule has 1 aromatic heterocycles. The molecule has 0 bridgehead atoms. The zero-order valence-electron chi connectivity index (χ0n) is 16.3. The minimum Gasteiger partial charge on any atom is -0.467 e. The average molecular weight is 408 g/mol. The van der Waals surface area contributed by atoms with Crippen molar-refractivity contribution in [2.24, 2.45) is 0 Å². The van der Waals surface area contributed by atoms with E-state index in [4.69, 9.17) is 14.2 Å². The normalized spacial score (nSPS) is 19.6. The monoisotopic (exact) mass is 408 g/mol. The van der Waals surface area contributed by atoms with Crippen molar-refractivity contribution in [2.75, 3.05) is 20.5 Å². The Morgan fingerprint density at radius 1 is 1.20 bits per heavy atom. The van der Waals surface area contributed by atoms with Crippen LogP contribution in [0.2, 0.25) is 0 Å². The summed E-state index contributed by atoms with van der Waals surface area (Å²) < 4.78 is 15.9. The molecule has 2 aromatic carbocycles. The highest BCUT2D eigenvalue weighted by Crippen LogP contribution is 2.43. The van der Waals surface area contributed by atoms with Crippen LogP contribution in [0.25, 0.3) is 10.9 Å². The van der Waals surface area contributed by atoms with Crippen LogP contribution < -0.4 is 9.47 Å². The molecule has 30 heavy (non-hydrogen) atoms. The number of esters is 1. The number of amides is 1. The van der Waals surface area contributed by atoms with Gasteiger partial charge in [0.2, 0.25) is 12.7 Å². The number of carbonyl (C=O) groups is 2. The molecule has 0 saturated heterocycles. The quantitative estimate of drug-likeness (QED) is 0.642. The summed E-state index contributed by atoms with van der Waals surface area (Å²) in [6.45, 7) is -0.588. The number of benzene rings is 2. The Balaban J connectivity index is 1.75. The van der Waals surface area contributed by atoms with Crippen LogP contribution in [0.1, 0.15) is 22.9 Å². The van der Waals surface area contributed by atoms with Crippen LogP contribution >= 0.6 is 0 Å². The van der Waals surface area contributed by atoms with Crippen molar-refractivity contribution in [2.45, 2.75) is 18.5 Å². The number of aromatic nitrogens is 1. The van der Waals surface area contributed by atoms with Gasteiger partial charge in [-0.3, -0.25) is 4.79 Å². The van der Waals surface area contributed by atoms with Crippen LogP contribution in [0.3, 0.4) is 0 Å². The van der Waals surface area contributed by atoms with Crippen LogP contribution in [0.5, 0.6) is 11.5 Å². The minimum absolute atomic E-state index is 0.130. The lowest BCUT2D eigenvalue weighted by atomic mass is 9.87. The first-order valence-electron chi connectivity index (χ1n) is 9.61. The molecular weight excluding hydrogens is 388 g/mol. The summed E-state index contributed by atoms with van der Waals surface area (Å²) in [6, 6.07) is 11.7. The van der Waals surface area contributed by atoms with E-state index in [1.165, 1.54) is 12.0 Å². The molecule has 0 unspecified atom stereocenters. The van der Waals surface area contributed by atoms with Gasteiger partial charge in [-0.05, 0) is 29.3 Å². The molecule has 8 nitrogen and oxygen atoms in total. The number of carbonyl (C=O) groups excluding carboxylic acids is 2. The third-order valence-corrected chi connectivity index (χ3v) is 5.74. The SMILES string of the molecule is COC(=O)[C@H]1Cc2c([nH]c3ccccc23)[C@@H](c2ccc3c(c2)OCO3)N1C(=O)CO. The first-order valence-corrected chi connectivity index (χ1v) is 9.61. The molecule has 0 spiro atoms. The summed E-state index contributed by atoms with van der Waals surface area (Å²) in [5, 5.41) is 10.7. The molecule has 2 N–H and O–H groups in total. The van der Waals surface area contributed by atoms with Crippen LogP contribution in [0.4, 0.5) is 0 Å². The van der Waals surface area contributed by atoms with Gasteiger partial charge in [-0.2, -0.15) is 0 Å². The van der Waals surface area contributed by atoms with E-state index in [1.807, 2.05) is 30.3 Å². The largest absolute Gasteiger partial charge is 0.467 e. The summed E-state index contributed by atoms with van der Waals surface area (Å²) in [5.74, 6) is 0.105. The maximum Gasteiger partial charge on any atom is 0.328 e. The number of aliphatic hydroxyl groups is 1. The number of aromatic amines is 1. The van der Waals surface area contributed by atoms with Gasteiger partial charge < -0.3 is 29.2 Å². The van der Waals surface area contributed by atoms with Crippen molar-refractivity contribution >= 4 is 22.8 Å². The average Bonchev–Trinajstić information content (AvgIpc) is 3.40. The van der Waals surface area contributed by atoms with E-state index < -0.39 is 30.6 Å². The van der Waals surface area contributed by atoms with Gasteiger partial charge in [0, 0.05) is 23.0 Å². The predicted octanol–water partition coefficient (Wildman–Crippen LogP) is 1.90. The Bertz CT molecular complexity index is 1150. The van der Waals surface area contributed by atoms with E-state index in [9.17, 15) is 14.7 Å². The maximum atomic E-state index is 12.8. The van der Waals surface area contributed by atoms with Gasteiger partial charge in [0.25, 0.3) is 0 Å². The van der Waals surface area contributed by atoms with Crippen molar-refractivity contribution in [3.63, 3.8) is 0 Å². The van der Waals surface area contributed by atoms with E-state index in [0.29, 0.717) is 17.9 Å². The summed E-state index contributed by atoms with van der Waals surface area (Å²) in [4.78, 5) is 30.3. The molecule has 2 atom stereocenters. The van der Waals surface area contributed by atoms with Crippen LogP contribution in [0.15, 0.2) is 42.5 Å². The van der Waals surface area contributed by atoms with Crippen molar-refractivity contribution in [1.29, 1.82) is 0 Å². The lowest BCUT2D eigenvalue weighted by Crippen LogP contribution is -2.52. The number of H-pyrrole nitrogens is 1. The number of hydrogen-bond donors (Lipinski definition) is 2. The van der Waals surface area contributed by atoms with Crippen LogP contribution in [0, 0.1) is 0 Å². The zero-order valence-corrected chi connectivity index (χ0v) is 16.3. The van der Waals surface area contributed by atoms with Gasteiger partial charge in [0.05, 0.1) is 13.2 Å². The Morgan fingerprint density at radius 2 is 2.00 bits per heavy atom. The third-order valence-electron chi connectivity index (χ3n) is 5.74. The predicted molar refractivity (Wildman–Crippen MR) is 106 cm³/mol. The number of nitrogens with zero attached hydrogens (tertiary/aromatic N) is 1. The first-order chi connectivity index (χ1) is 14.6. The van der Waals surface area contributed by atoms with Gasteiger partial charge in [-0.1, -0.05) is 24.3 Å². The van der Waals surface area contributed by atoms with E-state index in [2.05, 4.69) is 4.98 Å². The summed E-state index contributed by atoms with van der Waals surface area (Å²) >= 11 is 0.